The molecule has 0 saturated heterocycles. The highest BCUT2D eigenvalue weighted by molar-refractivity contribution is 7.15. The number of hydrogen-bond donors (Lipinski definition) is 1. The summed E-state index contributed by atoms with van der Waals surface area (Å²) in [6.45, 7) is 0.0281. The normalized spacial score (nSPS) is 14.0. The van der Waals surface area contributed by atoms with Gasteiger partial charge in [-0.25, -0.2) is 4.98 Å². The molecule has 25 heavy (non-hydrogen) atoms. The average Bonchev–Trinajstić information content (AvgIpc) is 3.21. The molecule has 1 aliphatic rings. The van der Waals surface area contributed by atoms with E-state index in [0.717, 1.165) is 10.7 Å². The molecule has 126 valence electrons. The van der Waals surface area contributed by atoms with Crippen molar-refractivity contribution in [1.29, 1.82) is 0 Å². The van der Waals surface area contributed by atoms with Crippen LogP contribution >= 0.6 is 11.3 Å². The maximum atomic E-state index is 12.2. The fourth-order valence-corrected chi connectivity index (χ4v) is 3.26. The van der Waals surface area contributed by atoms with E-state index >= 15 is 0 Å². The van der Waals surface area contributed by atoms with Crippen LogP contribution < -0.4 is 15.0 Å². The number of anilines is 2. The number of thiazole rings is 1. The Hall–Kier alpha value is -3.13. The Morgan fingerprint density at radius 2 is 2.32 bits per heavy atom. The van der Waals surface area contributed by atoms with Gasteiger partial charge in [0.25, 0.3) is 5.91 Å². The van der Waals surface area contributed by atoms with Gasteiger partial charge in [0.1, 0.15) is 5.75 Å². The van der Waals surface area contributed by atoms with E-state index in [1.165, 1.54) is 22.3 Å². The lowest BCUT2D eigenvalue weighted by atomic mass is 10.2. The molecule has 0 radical (unpaired) electrons. The zero-order valence-corrected chi connectivity index (χ0v) is 14.1. The second-order valence-corrected chi connectivity index (χ2v) is 6.36. The molecule has 0 fully saturated rings. The quantitative estimate of drug-likeness (QED) is 0.733. The van der Waals surface area contributed by atoms with Crippen LogP contribution in [0.2, 0.25) is 0 Å². The number of likely N-dealkylation sites (N-methyl/N-ethyl adjacent to an activating group) is 1. The van der Waals surface area contributed by atoms with Crippen LogP contribution in [-0.4, -0.2) is 34.9 Å². The van der Waals surface area contributed by atoms with E-state index in [4.69, 9.17) is 4.74 Å². The van der Waals surface area contributed by atoms with Crippen molar-refractivity contribution in [3.63, 3.8) is 0 Å². The van der Waals surface area contributed by atoms with Crippen molar-refractivity contribution in [2.24, 2.45) is 0 Å². The molecule has 2 amide bonds. The number of rotatable bonds is 3. The van der Waals surface area contributed by atoms with Gasteiger partial charge in [-0.15, -0.1) is 11.3 Å². The van der Waals surface area contributed by atoms with E-state index in [9.17, 15) is 9.59 Å². The van der Waals surface area contributed by atoms with Crippen molar-refractivity contribution in [3.8, 4) is 5.75 Å². The summed E-state index contributed by atoms with van der Waals surface area (Å²) in [5.41, 5.74) is 2.05. The summed E-state index contributed by atoms with van der Waals surface area (Å²) in [5.74, 6) is 0.224. The minimum atomic E-state index is -0.268. The predicted molar refractivity (Wildman–Crippen MR) is 96.1 cm³/mol. The lowest BCUT2D eigenvalue weighted by Crippen LogP contribution is -2.35. The Bertz CT molecular complexity index is 1000. The molecule has 0 atom stereocenters. The first kappa shape index (κ1) is 15.4. The average molecular weight is 354 g/mol. The number of hydrogen-bond acceptors (Lipinski definition) is 5. The van der Waals surface area contributed by atoms with E-state index in [2.05, 4.69) is 10.3 Å². The second-order valence-electron chi connectivity index (χ2n) is 5.49. The largest absolute Gasteiger partial charge is 0.482 e. The molecular weight excluding hydrogens is 340 g/mol. The van der Waals surface area contributed by atoms with Crippen LogP contribution in [0.25, 0.3) is 11.0 Å². The molecule has 3 heterocycles. The summed E-state index contributed by atoms with van der Waals surface area (Å²) in [7, 11) is 1.68. The molecule has 7 nitrogen and oxygen atoms in total. The zero-order chi connectivity index (χ0) is 17.4. The molecule has 8 heteroatoms. The minimum Gasteiger partial charge on any atom is -0.482 e. The number of nitrogens with zero attached hydrogens (tertiary/aromatic N) is 3. The van der Waals surface area contributed by atoms with Gasteiger partial charge < -0.3 is 15.0 Å². The van der Waals surface area contributed by atoms with Gasteiger partial charge in [0, 0.05) is 30.4 Å². The third-order valence-electron chi connectivity index (χ3n) is 3.89. The lowest BCUT2D eigenvalue weighted by Gasteiger charge is -2.26. The molecule has 0 saturated carbocycles. The highest BCUT2D eigenvalue weighted by Gasteiger charge is 2.22. The van der Waals surface area contributed by atoms with Gasteiger partial charge in [-0.2, -0.15) is 0 Å². The van der Waals surface area contributed by atoms with Crippen molar-refractivity contribution in [3.05, 3.63) is 47.7 Å². The van der Waals surface area contributed by atoms with Crippen molar-refractivity contribution in [2.45, 2.75) is 0 Å². The van der Waals surface area contributed by atoms with Crippen LogP contribution in [0, 0.1) is 0 Å². The van der Waals surface area contributed by atoms with E-state index < -0.39 is 0 Å². The van der Waals surface area contributed by atoms with Gasteiger partial charge in [-0.05, 0) is 24.3 Å². The molecular formula is C17H14N4O3S. The highest BCUT2D eigenvalue weighted by Crippen LogP contribution is 2.33. The van der Waals surface area contributed by atoms with Gasteiger partial charge in [-0.1, -0.05) is 0 Å². The van der Waals surface area contributed by atoms with E-state index in [1.54, 1.807) is 37.5 Å². The first-order valence-corrected chi connectivity index (χ1v) is 8.43. The topological polar surface area (TPSA) is 75.9 Å². The molecule has 1 aliphatic heterocycles. The van der Waals surface area contributed by atoms with Gasteiger partial charge in [-0.3, -0.25) is 14.0 Å². The number of nitrogens with one attached hydrogen (secondary N) is 1. The number of carbonyl (C=O) groups excluding carboxylic acids is 2. The molecule has 0 spiro atoms. The molecule has 2 aromatic heterocycles. The second kappa shape index (κ2) is 6.06. The van der Waals surface area contributed by atoms with Gasteiger partial charge in [0.2, 0.25) is 5.91 Å². The monoisotopic (exact) mass is 354 g/mol. The van der Waals surface area contributed by atoms with Crippen LogP contribution in [0.3, 0.4) is 0 Å². The Kier molecular flexibility index (Phi) is 3.73. The van der Waals surface area contributed by atoms with Crippen LogP contribution in [0.15, 0.2) is 42.0 Å². The SMILES string of the molecule is CN1C(=O)COc2ccc(NC(=O)/C=C/c3cnc4sccn34)cc21. The Morgan fingerprint density at radius 3 is 3.20 bits per heavy atom. The Labute approximate surface area is 147 Å². The zero-order valence-electron chi connectivity index (χ0n) is 13.3. The summed E-state index contributed by atoms with van der Waals surface area (Å²) in [5, 5.41) is 4.72. The molecule has 0 unspecified atom stereocenters. The molecule has 1 N–H and O–H groups in total. The maximum Gasteiger partial charge on any atom is 0.264 e. The lowest BCUT2D eigenvalue weighted by molar-refractivity contribution is -0.121. The molecule has 0 bridgehead atoms. The van der Waals surface area contributed by atoms with E-state index in [0.29, 0.717) is 17.1 Å². The molecule has 0 aliphatic carbocycles. The minimum absolute atomic E-state index is 0.0281. The molecule has 1 aromatic carbocycles. The van der Waals surface area contributed by atoms with Gasteiger partial charge in [0.05, 0.1) is 17.6 Å². The van der Waals surface area contributed by atoms with Crippen LogP contribution in [0.5, 0.6) is 5.75 Å². The van der Waals surface area contributed by atoms with Crippen molar-refractivity contribution in [2.75, 3.05) is 23.9 Å². The third-order valence-corrected chi connectivity index (χ3v) is 4.66. The molecule has 3 aromatic rings. The number of imidazole rings is 1. The predicted octanol–water partition coefficient (Wildman–Crippen LogP) is 2.40. The molecule has 4 rings (SSSR count). The van der Waals surface area contributed by atoms with Crippen LogP contribution in [-0.2, 0) is 9.59 Å². The standard InChI is InChI=1S/C17H14N4O3S/c1-20-13-8-11(2-4-14(13)24-10-16(20)23)19-15(22)5-3-12-9-18-17-21(12)6-7-25-17/h2-9H,10H2,1H3,(H,19,22)/b5-3+. The van der Waals surface area contributed by atoms with Crippen molar-refractivity contribution in [1.82, 2.24) is 9.38 Å². The fourth-order valence-electron chi connectivity index (χ4n) is 2.56. The number of aromatic nitrogens is 2. The Balaban J connectivity index is 1.50. The number of benzene rings is 1. The van der Waals surface area contributed by atoms with Crippen molar-refractivity contribution < 1.29 is 14.3 Å². The van der Waals surface area contributed by atoms with E-state index in [-0.39, 0.29) is 18.4 Å². The number of ether oxygens (including phenoxy) is 1. The summed E-state index contributed by atoms with van der Waals surface area (Å²) in [6, 6.07) is 5.20. The fraction of sp³-hybridized carbons (Fsp3) is 0.118. The Morgan fingerprint density at radius 1 is 1.44 bits per heavy atom. The highest BCUT2D eigenvalue weighted by atomic mass is 32.1. The summed E-state index contributed by atoms with van der Waals surface area (Å²) in [6.07, 6.45) is 6.78. The van der Waals surface area contributed by atoms with Crippen LogP contribution in [0.4, 0.5) is 11.4 Å². The smallest absolute Gasteiger partial charge is 0.264 e. The van der Waals surface area contributed by atoms with Gasteiger partial charge >= 0.3 is 0 Å². The van der Waals surface area contributed by atoms with E-state index in [1.807, 2.05) is 16.0 Å². The van der Waals surface area contributed by atoms with Gasteiger partial charge in [0.15, 0.2) is 11.6 Å². The first-order chi connectivity index (χ1) is 12.1. The first-order valence-electron chi connectivity index (χ1n) is 7.55. The summed E-state index contributed by atoms with van der Waals surface area (Å²) >= 11 is 1.53. The summed E-state index contributed by atoms with van der Waals surface area (Å²) < 4.78 is 7.28. The van der Waals surface area contributed by atoms with Crippen molar-refractivity contribution >= 4 is 45.6 Å². The maximum absolute atomic E-state index is 12.2. The summed E-state index contributed by atoms with van der Waals surface area (Å²) in [4.78, 5) is 30.5. The number of fused-ring (bicyclic) bond motifs is 2. The van der Waals surface area contributed by atoms with Crippen LogP contribution in [0.1, 0.15) is 5.69 Å². The number of amides is 2. The third kappa shape index (κ3) is 2.87. The number of carbonyl (C=O) groups is 2.